The van der Waals surface area contributed by atoms with Gasteiger partial charge in [-0.1, -0.05) is 17.8 Å². The van der Waals surface area contributed by atoms with E-state index in [1.165, 1.54) is 24.3 Å². The molecule has 2 atom stereocenters. The van der Waals surface area contributed by atoms with Gasteiger partial charge in [-0.15, -0.1) is 0 Å². The van der Waals surface area contributed by atoms with E-state index in [-0.39, 0.29) is 35.2 Å². The smallest absolute Gasteiger partial charge is 0.221 e. The summed E-state index contributed by atoms with van der Waals surface area (Å²) in [4.78, 5) is -2.41. The molecule has 2 heterocycles. The predicted octanol–water partition coefficient (Wildman–Crippen LogP) is 1.73. The third kappa shape index (κ3) is 1.60. The zero-order valence-electron chi connectivity index (χ0n) is 11.1. The fourth-order valence-corrected chi connectivity index (χ4v) is 4.07. The van der Waals surface area contributed by atoms with Gasteiger partial charge < -0.3 is 30.3 Å². The minimum atomic E-state index is -1.28. The van der Waals surface area contributed by atoms with E-state index in [0.29, 0.717) is 11.1 Å². The minimum absolute atomic E-state index is 0.140. The van der Waals surface area contributed by atoms with Crippen molar-refractivity contribution in [2.75, 3.05) is 0 Å². The topological polar surface area (TPSA) is 110 Å². The van der Waals surface area contributed by atoms with Crippen molar-refractivity contribution in [3.8, 4) is 28.7 Å². The van der Waals surface area contributed by atoms with E-state index in [4.69, 9.17) is 4.74 Å². The summed E-state index contributed by atoms with van der Waals surface area (Å²) in [6.45, 7) is 0. The number of benzene rings is 2. The van der Waals surface area contributed by atoms with E-state index in [1.807, 2.05) is 0 Å². The Bertz CT molecular complexity index is 807. The molecular formula is C15H12O6S. The molecule has 4 rings (SSSR count). The second kappa shape index (κ2) is 3.93. The lowest BCUT2D eigenvalue weighted by Gasteiger charge is -2.28. The summed E-state index contributed by atoms with van der Waals surface area (Å²) in [5.74, 6) is -0.579. The number of phenols is 4. The van der Waals surface area contributed by atoms with Crippen molar-refractivity contribution in [3.05, 3.63) is 41.5 Å². The summed E-state index contributed by atoms with van der Waals surface area (Å²) in [6, 6.07) is 6.76. The molecule has 0 radical (unpaired) electrons. The SMILES string of the molecule is Oc1cc(O)c2c(c1)OC1(c3ccc(O)c(O)c3)SC1(O)C2. The van der Waals surface area contributed by atoms with Crippen molar-refractivity contribution < 1.29 is 30.3 Å². The average Bonchev–Trinajstić information content (AvgIpc) is 3.06. The molecule has 1 fully saturated rings. The van der Waals surface area contributed by atoms with Crippen molar-refractivity contribution in [2.24, 2.45) is 0 Å². The van der Waals surface area contributed by atoms with Crippen molar-refractivity contribution in [2.45, 2.75) is 16.3 Å². The van der Waals surface area contributed by atoms with E-state index in [1.54, 1.807) is 6.07 Å². The van der Waals surface area contributed by atoms with Crippen LogP contribution in [0.15, 0.2) is 30.3 Å². The van der Waals surface area contributed by atoms with Crippen molar-refractivity contribution in [1.82, 2.24) is 0 Å². The number of thioether (sulfide) groups is 1. The molecule has 0 amide bonds. The zero-order valence-corrected chi connectivity index (χ0v) is 12.0. The zero-order chi connectivity index (χ0) is 15.7. The minimum Gasteiger partial charge on any atom is -0.508 e. The summed E-state index contributed by atoms with van der Waals surface area (Å²) in [7, 11) is 0. The Hall–Kier alpha value is -2.25. The van der Waals surface area contributed by atoms with Gasteiger partial charge in [-0.3, -0.25) is 0 Å². The van der Waals surface area contributed by atoms with Crippen molar-refractivity contribution in [1.29, 1.82) is 0 Å². The molecule has 0 spiro atoms. The number of ether oxygens (including phenoxy) is 1. The summed E-state index contributed by atoms with van der Waals surface area (Å²) < 4.78 is 5.84. The van der Waals surface area contributed by atoms with Crippen LogP contribution in [0.4, 0.5) is 0 Å². The second-order valence-electron chi connectivity index (χ2n) is 5.43. The van der Waals surface area contributed by atoms with Crippen LogP contribution in [-0.4, -0.2) is 30.5 Å². The fraction of sp³-hybridized carbons (Fsp3) is 0.200. The highest BCUT2D eigenvalue weighted by molar-refractivity contribution is 8.08. The largest absolute Gasteiger partial charge is 0.508 e. The molecule has 2 unspecified atom stereocenters. The van der Waals surface area contributed by atoms with Crippen LogP contribution in [0.5, 0.6) is 28.7 Å². The monoisotopic (exact) mass is 320 g/mol. The highest BCUT2D eigenvalue weighted by atomic mass is 32.2. The summed E-state index contributed by atoms with van der Waals surface area (Å²) in [5.41, 5.74) is 0.910. The summed E-state index contributed by atoms with van der Waals surface area (Å²) >= 11 is 1.14. The molecule has 5 N–H and O–H groups in total. The van der Waals surface area contributed by atoms with Crippen LogP contribution in [0.1, 0.15) is 11.1 Å². The highest BCUT2D eigenvalue weighted by Crippen LogP contribution is 2.73. The Labute approximate surface area is 129 Å². The van der Waals surface area contributed by atoms with Crippen LogP contribution < -0.4 is 4.74 Å². The Morgan fingerprint density at radius 1 is 0.955 bits per heavy atom. The van der Waals surface area contributed by atoms with Gasteiger partial charge in [0.15, 0.2) is 16.4 Å². The molecule has 2 aliphatic rings. The molecule has 0 saturated carbocycles. The molecular weight excluding hydrogens is 308 g/mol. The maximum Gasteiger partial charge on any atom is 0.221 e. The lowest BCUT2D eigenvalue weighted by molar-refractivity contribution is 0.0186. The summed E-state index contributed by atoms with van der Waals surface area (Å²) in [6.07, 6.45) is 0.140. The molecule has 0 bridgehead atoms. The van der Waals surface area contributed by atoms with Gasteiger partial charge in [-0.05, 0) is 12.1 Å². The number of hydrogen-bond donors (Lipinski definition) is 5. The second-order valence-corrected chi connectivity index (χ2v) is 6.88. The number of aromatic hydroxyl groups is 4. The van der Waals surface area contributed by atoms with Crippen LogP contribution in [0.3, 0.4) is 0 Å². The molecule has 2 aromatic rings. The standard InChI is InChI=1S/C15H12O6S/c16-8-4-11(18)9-6-14(20)15(22-14,21-13(9)5-8)7-1-2-10(17)12(19)3-7/h1-5,16-20H,6H2. The van der Waals surface area contributed by atoms with E-state index in [2.05, 4.69) is 0 Å². The molecule has 1 saturated heterocycles. The van der Waals surface area contributed by atoms with Gasteiger partial charge in [-0.25, -0.2) is 0 Å². The van der Waals surface area contributed by atoms with Crippen LogP contribution >= 0.6 is 11.8 Å². The molecule has 0 aromatic heterocycles. The quantitative estimate of drug-likeness (QED) is 0.402. The lowest BCUT2D eigenvalue weighted by atomic mass is 9.94. The average molecular weight is 320 g/mol. The Balaban J connectivity index is 1.83. The number of aliphatic hydroxyl groups is 1. The molecule has 2 aromatic carbocycles. The first-order valence-electron chi connectivity index (χ1n) is 6.53. The highest BCUT2D eigenvalue weighted by Gasteiger charge is 2.75. The van der Waals surface area contributed by atoms with Gasteiger partial charge in [0.2, 0.25) is 4.93 Å². The van der Waals surface area contributed by atoms with Gasteiger partial charge in [0.05, 0.1) is 0 Å². The predicted molar refractivity (Wildman–Crippen MR) is 78.1 cm³/mol. The van der Waals surface area contributed by atoms with E-state index in [9.17, 15) is 25.5 Å². The Morgan fingerprint density at radius 3 is 2.45 bits per heavy atom. The Morgan fingerprint density at radius 2 is 1.73 bits per heavy atom. The van der Waals surface area contributed by atoms with Crippen LogP contribution in [0.2, 0.25) is 0 Å². The van der Waals surface area contributed by atoms with Gasteiger partial charge in [-0.2, -0.15) is 0 Å². The van der Waals surface area contributed by atoms with Gasteiger partial charge in [0.25, 0.3) is 0 Å². The first-order chi connectivity index (χ1) is 10.3. The molecule has 6 nitrogen and oxygen atoms in total. The number of rotatable bonds is 1. The Kier molecular flexibility index (Phi) is 2.40. The fourth-order valence-electron chi connectivity index (χ4n) is 2.82. The first-order valence-corrected chi connectivity index (χ1v) is 7.35. The first kappa shape index (κ1) is 13.4. The number of phenolic OH excluding ortho intramolecular Hbond substituents is 4. The third-order valence-corrected chi connectivity index (χ3v) is 5.49. The molecule has 114 valence electrons. The van der Waals surface area contributed by atoms with E-state index < -0.39 is 9.87 Å². The van der Waals surface area contributed by atoms with E-state index in [0.717, 1.165) is 11.8 Å². The van der Waals surface area contributed by atoms with Gasteiger partial charge >= 0.3 is 0 Å². The van der Waals surface area contributed by atoms with Crippen molar-refractivity contribution >= 4 is 11.8 Å². The lowest BCUT2D eigenvalue weighted by Crippen LogP contribution is -2.35. The van der Waals surface area contributed by atoms with Crippen molar-refractivity contribution in [3.63, 3.8) is 0 Å². The van der Waals surface area contributed by atoms with Crippen LogP contribution in [0, 0.1) is 0 Å². The van der Waals surface area contributed by atoms with Crippen LogP contribution in [0.25, 0.3) is 0 Å². The van der Waals surface area contributed by atoms with Crippen LogP contribution in [-0.2, 0) is 11.4 Å². The molecule has 22 heavy (non-hydrogen) atoms. The van der Waals surface area contributed by atoms with Gasteiger partial charge in [0.1, 0.15) is 17.2 Å². The third-order valence-electron chi connectivity index (χ3n) is 3.98. The number of hydrogen-bond acceptors (Lipinski definition) is 7. The molecule has 2 aliphatic heterocycles. The normalized spacial score (nSPS) is 28.4. The maximum atomic E-state index is 10.7. The number of fused-ring (bicyclic) bond motifs is 2. The summed E-state index contributed by atoms with van der Waals surface area (Å²) in [5, 5.41) is 49.2. The maximum absolute atomic E-state index is 10.7. The van der Waals surface area contributed by atoms with E-state index >= 15 is 0 Å². The van der Waals surface area contributed by atoms with Gasteiger partial charge in [0, 0.05) is 29.7 Å². The molecule has 7 heteroatoms. The molecule has 0 aliphatic carbocycles.